The van der Waals surface area contributed by atoms with Gasteiger partial charge in [0.25, 0.3) is 6.47 Å². The summed E-state index contributed by atoms with van der Waals surface area (Å²) in [4.78, 5) is 19.1. The fourth-order valence-electron chi connectivity index (χ4n) is 1.01. The van der Waals surface area contributed by atoms with Crippen molar-refractivity contribution >= 4 is 17.4 Å². The molecule has 0 aliphatic rings. The zero-order valence-corrected chi connectivity index (χ0v) is 7.21. The standard InChI is InChI=1S/C9H6O2.CH2O2/c10-9-6-5-7-3-1-2-4-8(7)11-9;2-1-3/h1-6H;1H,(H,2,3). The second-order valence-electron chi connectivity index (χ2n) is 2.40. The molecule has 2 aromatic rings. The lowest BCUT2D eigenvalue weighted by atomic mass is 10.2. The molecule has 0 aliphatic heterocycles. The summed E-state index contributed by atoms with van der Waals surface area (Å²) in [5.41, 5.74) is 0.337. The molecule has 0 fully saturated rings. The van der Waals surface area contributed by atoms with Crippen molar-refractivity contribution in [2.24, 2.45) is 0 Å². The molecule has 0 atom stereocenters. The quantitative estimate of drug-likeness (QED) is 0.507. The van der Waals surface area contributed by atoms with E-state index in [0.717, 1.165) is 5.39 Å². The molecule has 1 aromatic carbocycles. The van der Waals surface area contributed by atoms with Crippen LogP contribution in [0.3, 0.4) is 0 Å². The van der Waals surface area contributed by atoms with E-state index in [9.17, 15) is 4.79 Å². The van der Waals surface area contributed by atoms with Crippen LogP contribution in [0.2, 0.25) is 0 Å². The van der Waals surface area contributed by atoms with Crippen molar-refractivity contribution in [3.63, 3.8) is 0 Å². The van der Waals surface area contributed by atoms with E-state index >= 15 is 0 Å². The van der Waals surface area contributed by atoms with E-state index in [1.165, 1.54) is 6.07 Å². The highest BCUT2D eigenvalue weighted by atomic mass is 16.4. The van der Waals surface area contributed by atoms with Crippen LogP contribution >= 0.6 is 0 Å². The number of rotatable bonds is 0. The molecule has 14 heavy (non-hydrogen) atoms. The average Bonchev–Trinajstić information content (AvgIpc) is 2.19. The molecule has 0 radical (unpaired) electrons. The van der Waals surface area contributed by atoms with Crippen LogP contribution in [0.5, 0.6) is 0 Å². The van der Waals surface area contributed by atoms with Crippen LogP contribution in [0.1, 0.15) is 0 Å². The Labute approximate surface area is 79.4 Å². The number of carboxylic acid groups (broad SMARTS) is 1. The number of carbonyl (C=O) groups is 1. The summed E-state index contributed by atoms with van der Waals surface area (Å²) in [6, 6.07) is 10.6. The maximum atomic E-state index is 10.7. The summed E-state index contributed by atoms with van der Waals surface area (Å²) in [6.07, 6.45) is 0. The van der Waals surface area contributed by atoms with Crippen LogP contribution in [0.15, 0.2) is 45.6 Å². The van der Waals surface area contributed by atoms with Gasteiger partial charge < -0.3 is 9.52 Å². The number of hydrogen-bond donors (Lipinski definition) is 1. The Morgan fingerprint density at radius 3 is 2.50 bits per heavy atom. The topological polar surface area (TPSA) is 67.5 Å². The van der Waals surface area contributed by atoms with Gasteiger partial charge in [-0.2, -0.15) is 0 Å². The van der Waals surface area contributed by atoms with Crippen LogP contribution in [0.25, 0.3) is 11.0 Å². The van der Waals surface area contributed by atoms with Crippen LogP contribution in [0.4, 0.5) is 0 Å². The first-order valence-electron chi connectivity index (χ1n) is 3.84. The predicted molar refractivity (Wildman–Crippen MR) is 51.2 cm³/mol. The van der Waals surface area contributed by atoms with Crippen molar-refractivity contribution in [2.75, 3.05) is 0 Å². The van der Waals surface area contributed by atoms with Crippen molar-refractivity contribution in [3.05, 3.63) is 46.8 Å². The molecule has 72 valence electrons. The van der Waals surface area contributed by atoms with Crippen molar-refractivity contribution < 1.29 is 14.3 Å². The average molecular weight is 192 g/mol. The molecule has 0 saturated heterocycles. The Bertz CT molecular complexity index is 473. The fraction of sp³-hybridized carbons (Fsp3) is 0. The van der Waals surface area contributed by atoms with Gasteiger partial charge >= 0.3 is 5.63 Å². The van der Waals surface area contributed by atoms with Crippen molar-refractivity contribution in [2.45, 2.75) is 0 Å². The molecule has 0 aliphatic carbocycles. The summed E-state index contributed by atoms with van der Waals surface area (Å²) in [6.45, 7) is -0.250. The summed E-state index contributed by atoms with van der Waals surface area (Å²) in [7, 11) is 0. The van der Waals surface area contributed by atoms with Gasteiger partial charge in [-0.3, -0.25) is 4.79 Å². The van der Waals surface area contributed by atoms with Gasteiger partial charge in [-0.25, -0.2) is 4.79 Å². The molecule has 0 amide bonds. The number of hydrogen-bond acceptors (Lipinski definition) is 3. The van der Waals surface area contributed by atoms with Crippen LogP contribution in [0, 0.1) is 0 Å². The summed E-state index contributed by atoms with van der Waals surface area (Å²) >= 11 is 0. The van der Waals surface area contributed by atoms with Crippen LogP contribution < -0.4 is 5.63 Å². The van der Waals surface area contributed by atoms with Gasteiger partial charge in [-0.15, -0.1) is 0 Å². The maximum absolute atomic E-state index is 10.7. The van der Waals surface area contributed by atoms with E-state index in [1.54, 1.807) is 12.1 Å². The molecule has 2 rings (SSSR count). The van der Waals surface area contributed by atoms with E-state index in [1.807, 2.05) is 18.2 Å². The Morgan fingerprint density at radius 2 is 1.79 bits per heavy atom. The molecular weight excluding hydrogens is 184 g/mol. The molecule has 1 aromatic heterocycles. The molecular formula is C10H8O4. The molecule has 0 saturated carbocycles. The van der Waals surface area contributed by atoms with Crippen molar-refractivity contribution in [3.8, 4) is 0 Å². The Hall–Kier alpha value is -2.10. The lowest BCUT2D eigenvalue weighted by Crippen LogP contribution is -1.93. The smallest absolute Gasteiger partial charge is 0.336 e. The minimum atomic E-state index is -0.302. The summed E-state index contributed by atoms with van der Waals surface area (Å²) in [5.74, 6) is 0. The van der Waals surface area contributed by atoms with Crippen molar-refractivity contribution in [1.29, 1.82) is 0 Å². The number of benzene rings is 1. The molecule has 0 unspecified atom stereocenters. The van der Waals surface area contributed by atoms with Gasteiger partial charge in [0.05, 0.1) is 0 Å². The number of fused-ring (bicyclic) bond motifs is 1. The van der Waals surface area contributed by atoms with E-state index < -0.39 is 0 Å². The molecule has 1 N–H and O–H groups in total. The van der Waals surface area contributed by atoms with Gasteiger partial charge in [0.2, 0.25) is 0 Å². The van der Waals surface area contributed by atoms with E-state index in [4.69, 9.17) is 14.3 Å². The van der Waals surface area contributed by atoms with Gasteiger partial charge in [0.15, 0.2) is 0 Å². The molecule has 0 spiro atoms. The minimum Gasteiger partial charge on any atom is -0.483 e. The van der Waals surface area contributed by atoms with E-state index in [0.29, 0.717) is 5.58 Å². The fourth-order valence-corrected chi connectivity index (χ4v) is 1.01. The monoisotopic (exact) mass is 192 g/mol. The molecule has 4 heteroatoms. The first-order chi connectivity index (χ1) is 6.77. The van der Waals surface area contributed by atoms with Crippen LogP contribution in [-0.2, 0) is 4.79 Å². The lowest BCUT2D eigenvalue weighted by molar-refractivity contribution is -0.122. The maximum Gasteiger partial charge on any atom is 0.336 e. The van der Waals surface area contributed by atoms with E-state index in [2.05, 4.69) is 0 Å². The normalized spacial score (nSPS) is 8.86. The Balaban J connectivity index is 0.000000293. The first kappa shape index (κ1) is 9.98. The second kappa shape index (κ2) is 4.81. The Morgan fingerprint density at radius 1 is 1.14 bits per heavy atom. The van der Waals surface area contributed by atoms with Crippen molar-refractivity contribution in [1.82, 2.24) is 0 Å². The van der Waals surface area contributed by atoms with Gasteiger partial charge in [-0.1, -0.05) is 18.2 Å². The van der Waals surface area contributed by atoms with E-state index in [-0.39, 0.29) is 12.1 Å². The minimum absolute atomic E-state index is 0.250. The van der Waals surface area contributed by atoms with Gasteiger partial charge in [0, 0.05) is 11.5 Å². The second-order valence-corrected chi connectivity index (χ2v) is 2.40. The number of para-hydroxylation sites is 1. The SMILES string of the molecule is O=CO.O=c1ccc2ccccc2o1. The van der Waals surface area contributed by atoms with Crippen LogP contribution in [-0.4, -0.2) is 11.6 Å². The van der Waals surface area contributed by atoms with Gasteiger partial charge in [-0.05, 0) is 12.1 Å². The molecule has 1 heterocycles. The zero-order valence-electron chi connectivity index (χ0n) is 7.21. The third-order valence-corrected chi connectivity index (χ3v) is 1.53. The zero-order chi connectivity index (χ0) is 10.4. The third-order valence-electron chi connectivity index (χ3n) is 1.53. The predicted octanol–water partition coefficient (Wildman–Crippen LogP) is 1.49. The summed E-state index contributed by atoms with van der Waals surface area (Å²) in [5, 5.41) is 7.84. The van der Waals surface area contributed by atoms with Gasteiger partial charge in [0.1, 0.15) is 5.58 Å². The highest BCUT2D eigenvalue weighted by Gasteiger charge is 1.92. The lowest BCUT2D eigenvalue weighted by Gasteiger charge is -1.91. The highest BCUT2D eigenvalue weighted by Crippen LogP contribution is 2.08. The molecule has 0 bridgehead atoms. The highest BCUT2D eigenvalue weighted by molar-refractivity contribution is 5.75. The third kappa shape index (κ3) is 2.45. The largest absolute Gasteiger partial charge is 0.483 e. The molecule has 4 nitrogen and oxygen atoms in total. The first-order valence-corrected chi connectivity index (χ1v) is 3.84. The Kier molecular flexibility index (Phi) is 3.43. The summed E-state index contributed by atoms with van der Waals surface area (Å²) < 4.78 is 4.91.